The molecule has 0 radical (unpaired) electrons. The summed E-state index contributed by atoms with van der Waals surface area (Å²) in [5.74, 6) is 0.544. The van der Waals surface area contributed by atoms with E-state index in [1.54, 1.807) is 6.07 Å². The molecule has 0 amide bonds. The zero-order chi connectivity index (χ0) is 17.8. The summed E-state index contributed by atoms with van der Waals surface area (Å²) in [4.78, 5) is 2.52. The first-order chi connectivity index (χ1) is 12.8. The molecule has 4 nitrogen and oxygen atoms in total. The molecule has 0 bridgehead atoms. The van der Waals surface area contributed by atoms with Crippen molar-refractivity contribution in [3.8, 4) is 17.0 Å². The fourth-order valence-corrected chi connectivity index (χ4v) is 3.49. The standard InChI is InChI=1S/C21H23FN2O2/c22-17-7-10-20-19(15-17)21(23-26-20)16-5-8-18(9-6-16)25-14-4-13-24-11-2-1-3-12-24/h5-10,15H,1-4,11-14H2. The number of ether oxygens (including phenoxy) is 1. The van der Waals surface area contributed by atoms with Crippen molar-refractivity contribution >= 4 is 11.0 Å². The Morgan fingerprint density at radius 1 is 1.04 bits per heavy atom. The molecule has 0 unspecified atom stereocenters. The minimum atomic E-state index is -0.296. The van der Waals surface area contributed by atoms with Gasteiger partial charge in [-0.15, -0.1) is 0 Å². The number of nitrogens with zero attached hydrogens (tertiary/aromatic N) is 2. The number of benzene rings is 2. The van der Waals surface area contributed by atoms with Gasteiger partial charge in [0, 0.05) is 12.1 Å². The molecular formula is C21H23FN2O2. The Morgan fingerprint density at radius 3 is 2.65 bits per heavy atom. The molecule has 1 aliphatic rings. The van der Waals surface area contributed by atoms with Crippen molar-refractivity contribution in [1.29, 1.82) is 0 Å². The van der Waals surface area contributed by atoms with E-state index in [0.717, 1.165) is 24.3 Å². The molecule has 1 fully saturated rings. The molecule has 3 aromatic rings. The largest absolute Gasteiger partial charge is 0.494 e. The summed E-state index contributed by atoms with van der Waals surface area (Å²) in [6.07, 6.45) is 5.05. The maximum Gasteiger partial charge on any atom is 0.167 e. The lowest BCUT2D eigenvalue weighted by atomic mass is 10.1. The van der Waals surface area contributed by atoms with Crippen molar-refractivity contribution in [1.82, 2.24) is 10.1 Å². The number of likely N-dealkylation sites (tertiary alicyclic amines) is 1. The van der Waals surface area contributed by atoms with Gasteiger partial charge in [0.1, 0.15) is 17.3 Å². The Kier molecular flexibility index (Phi) is 5.16. The van der Waals surface area contributed by atoms with Crippen molar-refractivity contribution in [3.05, 3.63) is 48.3 Å². The van der Waals surface area contributed by atoms with Crippen LogP contribution in [0, 0.1) is 5.82 Å². The lowest BCUT2D eigenvalue weighted by Crippen LogP contribution is -2.31. The van der Waals surface area contributed by atoms with Crippen LogP contribution >= 0.6 is 0 Å². The van der Waals surface area contributed by atoms with Crippen LogP contribution < -0.4 is 4.74 Å². The third-order valence-corrected chi connectivity index (χ3v) is 4.90. The molecule has 136 valence electrons. The fourth-order valence-electron chi connectivity index (χ4n) is 3.49. The number of hydrogen-bond donors (Lipinski definition) is 0. The van der Waals surface area contributed by atoms with Gasteiger partial charge in [-0.1, -0.05) is 11.6 Å². The number of halogens is 1. The van der Waals surface area contributed by atoms with Gasteiger partial charge in [0.15, 0.2) is 5.58 Å². The van der Waals surface area contributed by atoms with E-state index < -0.39 is 0 Å². The Bertz CT molecular complexity index is 854. The van der Waals surface area contributed by atoms with Crippen LogP contribution in [0.2, 0.25) is 0 Å². The van der Waals surface area contributed by atoms with Gasteiger partial charge in [-0.2, -0.15) is 0 Å². The predicted molar refractivity (Wildman–Crippen MR) is 99.8 cm³/mol. The van der Waals surface area contributed by atoms with Gasteiger partial charge in [-0.3, -0.25) is 0 Å². The Morgan fingerprint density at radius 2 is 1.85 bits per heavy atom. The van der Waals surface area contributed by atoms with Gasteiger partial charge < -0.3 is 14.2 Å². The van der Waals surface area contributed by atoms with Crippen LogP contribution in [0.3, 0.4) is 0 Å². The number of hydrogen-bond acceptors (Lipinski definition) is 4. The SMILES string of the molecule is Fc1ccc2onc(-c3ccc(OCCCN4CCCCC4)cc3)c2c1. The number of piperidine rings is 1. The second-order valence-electron chi connectivity index (χ2n) is 6.80. The van der Waals surface area contributed by atoms with Gasteiger partial charge in [0.25, 0.3) is 0 Å². The first-order valence-electron chi connectivity index (χ1n) is 9.30. The topological polar surface area (TPSA) is 38.5 Å². The monoisotopic (exact) mass is 354 g/mol. The summed E-state index contributed by atoms with van der Waals surface area (Å²) in [6.45, 7) is 4.27. The number of aromatic nitrogens is 1. The molecule has 26 heavy (non-hydrogen) atoms. The molecule has 0 N–H and O–H groups in total. The zero-order valence-corrected chi connectivity index (χ0v) is 14.8. The average molecular weight is 354 g/mol. The molecule has 1 saturated heterocycles. The molecule has 0 saturated carbocycles. The molecule has 0 atom stereocenters. The van der Waals surface area contributed by atoms with E-state index in [1.165, 1.54) is 44.5 Å². The van der Waals surface area contributed by atoms with Crippen LogP contribution in [0.4, 0.5) is 4.39 Å². The molecule has 4 rings (SSSR count). The smallest absolute Gasteiger partial charge is 0.167 e. The van der Waals surface area contributed by atoms with Crippen molar-refractivity contribution < 1.29 is 13.7 Å². The quantitative estimate of drug-likeness (QED) is 0.591. The van der Waals surface area contributed by atoms with Crippen LogP contribution in [-0.2, 0) is 0 Å². The first-order valence-corrected chi connectivity index (χ1v) is 9.30. The third-order valence-electron chi connectivity index (χ3n) is 4.90. The van der Waals surface area contributed by atoms with Crippen LogP contribution in [0.5, 0.6) is 5.75 Å². The molecule has 1 aliphatic heterocycles. The van der Waals surface area contributed by atoms with Crippen molar-refractivity contribution in [2.75, 3.05) is 26.2 Å². The first kappa shape index (κ1) is 17.0. The second kappa shape index (κ2) is 7.87. The van der Waals surface area contributed by atoms with E-state index in [2.05, 4.69) is 10.1 Å². The lowest BCUT2D eigenvalue weighted by Gasteiger charge is -2.26. The summed E-state index contributed by atoms with van der Waals surface area (Å²) in [5.41, 5.74) is 2.12. The van der Waals surface area contributed by atoms with Gasteiger partial charge in [0.2, 0.25) is 0 Å². The highest BCUT2D eigenvalue weighted by Gasteiger charge is 2.12. The van der Waals surface area contributed by atoms with E-state index in [1.807, 2.05) is 24.3 Å². The maximum absolute atomic E-state index is 13.5. The van der Waals surface area contributed by atoms with E-state index in [9.17, 15) is 4.39 Å². The minimum absolute atomic E-state index is 0.296. The predicted octanol–water partition coefficient (Wildman–Crippen LogP) is 4.89. The minimum Gasteiger partial charge on any atom is -0.494 e. The Labute approximate surface area is 152 Å². The average Bonchev–Trinajstić information content (AvgIpc) is 3.09. The maximum atomic E-state index is 13.5. The molecule has 2 heterocycles. The highest BCUT2D eigenvalue weighted by Crippen LogP contribution is 2.29. The number of rotatable bonds is 6. The molecule has 1 aromatic heterocycles. The second-order valence-corrected chi connectivity index (χ2v) is 6.80. The summed E-state index contributed by atoms with van der Waals surface area (Å²) >= 11 is 0. The fraction of sp³-hybridized carbons (Fsp3) is 0.381. The summed E-state index contributed by atoms with van der Waals surface area (Å²) < 4.78 is 24.6. The van der Waals surface area contributed by atoms with Crippen molar-refractivity contribution in [2.24, 2.45) is 0 Å². The van der Waals surface area contributed by atoms with Crippen LogP contribution in [0.15, 0.2) is 47.0 Å². The van der Waals surface area contributed by atoms with Gasteiger partial charge in [0.05, 0.1) is 12.0 Å². The van der Waals surface area contributed by atoms with Crippen LogP contribution in [0.1, 0.15) is 25.7 Å². The molecule has 0 spiro atoms. The molecule has 0 aliphatic carbocycles. The Hall–Kier alpha value is -2.40. The normalized spacial score (nSPS) is 15.4. The molecule has 5 heteroatoms. The van der Waals surface area contributed by atoms with Crippen molar-refractivity contribution in [3.63, 3.8) is 0 Å². The highest BCUT2D eigenvalue weighted by atomic mass is 19.1. The van der Waals surface area contributed by atoms with E-state index in [-0.39, 0.29) is 5.82 Å². The van der Waals surface area contributed by atoms with Crippen LogP contribution in [0.25, 0.3) is 22.2 Å². The summed E-state index contributed by atoms with van der Waals surface area (Å²) in [7, 11) is 0. The third kappa shape index (κ3) is 3.88. The van der Waals surface area contributed by atoms with E-state index >= 15 is 0 Å². The summed E-state index contributed by atoms with van der Waals surface area (Å²) in [6, 6.07) is 12.1. The lowest BCUT2D eigenvalue weighted by molar-refractivity contribution is 0.205. The van der Waals surface area contributed by atoms with Crippen molar-refractivity contribution in [2.45, 2.75) is 25.7 Å². The molecular weight excluding hydrogens is 331 g/mol. The molecule has 2 aromatic carbocycles. The Balaban J connectivity index is 1.35. The number of fused-ring (bicyclic) bond motifs is 1. The van der Waals surface area contributed by atoms with Crippen LogP contribution in [-0.4, -0.2) is 36.3 Å². The van der Waals surface area contributed by atoms with E-state index in [4.69, 9.17) is 9.26 Å². The highest BCUT2D eigenvalue weighted by molar-refractivity contribution is 5.91. The summed E-state index contributed by atoms with van der Waals surface area (Å²) in [5, 5.41) is 4.76. The van der Waals surface area contributed by atoms with Gasteiger partial charge in [-0.25, -0.2) is 4.39 Å². The van der Waals surface area contributed by atoms with E-state index in [0.29, 0.717) is 23.3 Å². The van der Waals surface area contributed by atoms with Gasteiger partial charge in [-0.05, 0) is 74.8 Å². The zero-order valence-electron chi connectivity index (χ0n) is 14.8. The van der Waals surface area contributed by atoms with Gasteiger partial charge >= 0.3 is 0 Å².